The van der Waals surface area contributed by atoms with Gasteiger partial charge in [0.25, 0.3) is 0 Å². The van der Waals surface area contributed by atoms with Gasteiger partial charge in [0.05, 0.1) is 17.1 Å². The van der Waals surface area contributed by atoms with Gasteiger partial charge in [-0.1, -0.05) is 54.6 Å². The Hall–Kier alpha value is -4.19. The van der Waals surface area contributed by atoms with Crippen molar-refractivity contribution < 1.29 is 10.2 Å². The number of aromatic nitrogens is 2. The van der Waals surface area contributed by atoms with Gasteiger partial charge < -0.3 is 10.2 Å². The van der Waals surface area contributed by atoms with Crippen LogP contribution in [-0.2, 0) is 0 Å². The lowest BCUT2D eigenvalue weighted by Crippen LogP contribution is -2.04. The van der Waals surface area contributed by atoms with E-state index in [1.165, 1.54) is 0 Å². The van der Waals surface area contributed by atoms with Gasteiger partial charge >= 0.3 is 0 Å². The zero-order valence-corrected chi connectivity index (χ0v) is 16.3. The van der Waals surface area contributed by atoms with Gasteiger partial charge in [0.1, 0.15) is 11.5 Å². The maximum Gasteiger partial charge on any atom is 0.244 e. The fraction of sp³-hybridized carbons (Fsp3) is 0.0417. The molecular formula is C24H20N4O2. The average molecular weight is 396 g/mol. The predicted octanol–water partition coefficient (Wildman–Crippen LogP) is 5.06. The Labute approximate surface area is 174 Å². The van der Waals surface area contributed by atoms with E-state index < -0.39 is 0 Å². The molecule has 4 aromatic rings. The van der Waals surface area contributed by atoms with Crippen LogP contribution in [-0.4, -0.2) is 25.9 Å². The number of aromatic hydroxyl groups is 2. The van der Waals surface area contributed by atoms with E-state index in [9.17, 15) is 10.2 Å². The van der Waals surface area contributed by atoms with Gasteiger partial charge in [-0.15, -0.1) is 0 Å². The molecular weight excluding hydrogens is 376 g/mol. The third-order valence-corrected chi connectivity index (χ3v) is 4.59. The lowest BCUT2D eigenvalue weighted by Gasteiger charge is -2.10. The summed E-state index contributed by atoms with van der Waals surface area (Å²) < 4.78 is 0. The molecule has 6 nitrogen and oxygen atoms in total. The quantitative estimate of drug-likeness (QED) is 0.324. The van der Waals surface area contributed by atoms with E-state index in [-0.39, 0.29) is 17.4 Å². The number of nitrogens with one attached hydrogen (secondary N) is 1. The van der Waals surface area contributed by atoms with Crippen molar-refractivity contribution in [2.75, 3.05) is 5.43 Å². The maximum absolute atomic E-state index is 10.3. The van der Waals surface area contributed by atoms with E-state index in [4.69, 9.17) is 0 Å². The molecule has 0 aliphatic carbocycles. The van der Waals surface area contributed by atoms with Crippen LogP contribution in [0.4, 0.5) is 5.95 Å². The van der Waals surface area contributed by atoms with Gasteiger partial charge in [-0.05, 0) is 37.3 Å². The van der Waals surface area contributed by atoms with Crippen LogP contribution in [0.1, 0.15) is 12.5 Å². The smallest absolute Gasteiger partial charge is 0.244 e. The van der Waals surface area contributed by atoms with Crippen molar-refractivity contribution in [1.29, 1.82) is 0 Å². The van der Waals surface area contributed by atoms with Gasteiger partial charge in [-0.2, -0.15) is 5.10 Å². The SMILES string of the molecule is C/C(=N\Nc1nc(-c2ccccc2)cc(-c2ccccc2O)n1)c1ccccc1O. The van der Waals surface area contributed by atoms with Crippen LogP contribution < -0.4 is 5.43 Å². The lowest BCUT2D eigenvalue weighted by atomic mass is 10.1. The molecule has 0 amide bonds. The number of nitrogens with zero attached hydrogens (tertiary/aromatic N) is 3. The number of phenols is 2. The molecule has 0 saturated carbocycles. The van der Waals surface area contributed by atoms with Gasteiger partial charge in [0.2, 0.25) is 5.95 Å². The summed E-state index contributed by atoms with van der Waals surface area (Å²) in [6.07, 6.45) is 0. The summed E-state index contributed by atoms with van der Waals surface area (Å²) in [5.74, 6) is 0.564. The van der Waals surface area contributed by atoms with E-state index in [1.54, 1.807) is 43.3 Å². The van der Waals surface area contributed by atoms with Crippen LogP contribution in [0.3, 0.4) is 0 Å². The number of hydrazone groups is 1. The number of hydrogen-bond acceptors (Lipinski definition) is 6. The summed E-state index contributed by atoms with van der Waals surface area (Å²) in [4.78, 5) is 9.10. The number of anilines is 1. The van der Waals surface area contributed by atoms with Gasteiger partial charge in [0.15, 0.2) is 0 Å². The van der Waals surface area contributed by atoms with Crippen molar-refractivity contribution in [3.8, 4) is 34.0 Å². The van der Waals surface area contributed by atoms with Crippen LogP contribution in [0.5, 0.6) is 11.5 Å². The zero-order valence-electron chi connectivity index (χ0n) is 16.3. The Kier molecular flexibility index (Phi) is 5.39. The van der Waals surface area contributed by atoms with Crippen molar-refractivity contribution >= 4 is 11.7 Å². The molecule has 0 unspecified atom stereocenters. The molecule has 0 fully saturated rings. The van der Waals surface area contributed by atoms with Crippen molar-refractivity contribution in [3.63, 3.8) is 0 Å². The first-order valence-electron chi connectivity index (χ1n) is 9.43. The molecule has 1 aromatic heterocycles. The first-order valence-corrected chi connectivity index (χ1v) is 9.43. The van der Waals surface area contributed by atoms with Gasteiger partial charge in [-0.3, -0.25) is 0 Å². The van der Waals surface area contributed by atoms with Crippen molar-refractivity contribution in [2.45, 2.75) is 6.92 Å². The lowest BCUT2D eigenvalue weighted by molar-refractivity contribution is 0.474. The molecule has 30 heavy (non-hydrogen) atoms. The van der Waals surface area contributed by atoms with Crippen molar-refractivity contribution in [2.24, 2.45) is 5.10 Å². The molecule has 6 heteroatoms. The van der Waals surface area contributed by atoms with Crippen molar-refractivity contribution in [1.82, 2.24) is 9.97 Å². The fourth-order valence-corrected chi connectivity index (χ4v) is 3.06. The van der Waals surface area contributed by atoms with Crippen LogP contribution in [0.15, 0.2) is 90.0 Å². The fourth-order valence-electron chi connectivity index (χ4n) is 3.06. The third kappa shape index (κ3) is 4.12. The molecule has 4 rings (SSSR count). The normalized spacial score (nSPS) is 11.3. The molecule has 148 valence electrons. The highest BCUT2D eigenvalue weighted by atomic mass is 16.3. The van der Waals surface area contributed by atoms with E-state index >= 15 is 0 Å². The number of para-hydroxylation sites is 2. The first-order chi connectivity index (χ1) is 14.6. The molecule has 0 aliphatic heterocycles. The molecule has 3 N–H and O–H groups in total. The molecule has 0 saturated heterocycles. The van der Waals surface area contributed by atoms with Crippen LogP contribution >= 0.6 is 0 Å². The van der Waals surface area contributed by atoms with Crippen LogP contribution in [0.25, 0.3) is 22.5 Å². The number of hydrogen-bond donors (Lipinski definition) is 3. The maximum atomic E-state index is 10.3. The molecule has 3 aromatic carbocycles. The number of phenolic OH excluding ortho intramolecular Hbond substituents is 2. The monoisotopic (exact) mass is 396 g/mol. The molecule has 0 spiro atoms. The topological polar surface area (TPSA) is 90.6 Å². The summed E-state index contributed by atoms with van der Waals surface area (Å²) >= 11 is 0. The Bertz CT molecular complexity index is 1210. The second-order valence-electron chi connectivity index (χ2n) is 6.67. The van der Waals surface area contributed by atoms with E-state index in [0.29, 0.717) is 28.2 Å². The molecule has 0 aliphatic rings. The van der Waals surface area contributed by atoms with E-state index in [0.717, 1.165) is 5.56 Å². The second kappa shape index (κ2) is 8.45. The Morgan fingerprint density at radius 1 is 0.767 bits per heavy atom. The van der Waals surface area contributed by atoms with E-state index in [1.807, 2.05) is 48.5 Å². The minimum Gasteiger partial charge on any atom is -0.507 e. The summed E-state index contributed by atoms with van der Waals surface area (Å²) in [7, 11) is 0. The van der Waals surface area contributed by atoms with Crippen LogP contribution in [0.2, 0.25) is 0 Å². The minimum atomic E-state index is 0.134. The van der Waals surface area contributed by atoms with Crippen molar-refractivity contribution in [3.05, 3.63) is 90.5 Å². The highest BCUT2D eigenvalue weighted by Gasteiger charge is 2.11. The molecule has 0 atom stereocenters. The summed E-state index contributed by atoms with van der Waals surface area (Å²) in [5.41, 5.74) is 6.87. The minimum absolute atomic E-state index is 0.134. The van der Waals surface area contributed by atoms with Gasteiger partial charge in [-0.25, -0.2) is 15.4 Å². The Balaban J connectivity index is 1.76. The second-order valence-corrected chi connectivity index (χ2v) is 6.67. The highest BCUT2D eigenvalue weighted by molar-refractivity contribution is 6.01. The van der Waals surface area contributed by atoms with E-state index in [2.05, 4.69) is 20.5 Å². The largest absolute Gasteiger partial charge is 0.507 e. The first kappa shape index (κ1) is 19.1. The summed E-state index contributed by atoms with van der Waals surface area (Å²) in [6, 6.07) is 25.5. The molecule has 1 heterocycles. The zero-order chi connectivity index (χ0) is 20.9. The standard InChI is InChI=1S/C24H20N4O2/c1-16(18-11-5-7-13-22(18)29)27-28-24-25-20(17-9-3-2-4-10-17)15-21(26-24)19-12-6-8-14-23(19)30/h2-15,29-30H,1H3,(H,25,26,28)/b27-16+. The van der Waals surface area contributed by atoms with Gasteiger partial charge in [0, 0.05) is 16.7 Å². The summed E-state index contributed by atoms with van der Waals surface area (Å²) in [6.45, 7) is 1.78. The summed E-state index contributed by atoms with van der Waals surface area (Å²) in [5, 5.41) is 24.6. The third-order valence-electron chi connectivity index (χ3n) is 4.59. The molecule has 0 radical (unpaired) electrons. The number of benzene rings is 3. The Morgan fingerprint density at radius 2 is 1.40 bits per heavy atom. The predicted molar refractivity (Wildman–Crippen MR) is 119 cm³/mol. The number of rotatable bonds is 5. The average Bonchev–Trinajstić information content (AvgIpc) is 2.78. The van der Waals surface area contributed by atoms with Crippen LogP contribution in [0, 0.1) is 0 Å². The molecule has 0 bridgehead atoms. The highest BCUT2D eigenvalue weighted by Crippen LogP contribution is 2.30. The Morgan fingerprint density at radius 3 is 2.13 bits per heavy atom.